The van der Waals surface area contributed by atoms with Crippen molar-refractivity contribution >= 4 is 5.91 Å². The Labute approximate surface area is 158 Å². The molecule has 2 aliphatic rings. The van der Waals surface area contributed by atoms with Crippen molar-refractivity contribution in [3.8, 4) is 5.75 Å². The first-order chi connectivity index (χ1) is 13.2. The van der Waals surface area contributed by atoms with Crippen molar-refractivity contribution in [2.24, 2.45) is 0 Å². The third kappa shape index (κ3) is 3.70. The van der Waals surface area contributed by atoms with Crippen LogP contribution in [0.2, 0.25) is 0 Å². The van der Waals surface area contributed by atoms with Gasteiger partial charge in [0, 0.05) is 43.9 Å². The number of aromatic nitrogens is 2. The molecule has 7 heteroatoms. The number of likely N-dealkylation sites (tertiary alicyclic amines) is 1. The lowest BCUT2D eigenvalue weighted by atomic mass is 10.0. The second-order valence-corrected chi connectivity index (χ2v) is 7.26. The number of nitrogens with one attached hydrogen (secondary N) is 1. The molecule has 1 amide bonds. The molecule has 1 aromatic carbocycles. The molecule has 144 valence electrons. The van der Waals surface area contributed by atoms with Crippen LogP contribution in [0.5, 0.6) is 5.75 Å². The molecule has 0 aliphatic carbocycles. The van der Waals surface area contributed by atoms with Crippen molar-refractivity contribution in [3.63, 3.8) is 0 Å². The van der Waals surface area contributed by atoms with Gasteiger partial charge in [0.15, 0.2) is 5.69 Å². The van der Waals surface area contributed by atoms with Gasteiger partial charge in [0.1, 0.15) is 5.75 Å². The maximum Gasteiger partial charge on any atom is 0.274 e. The van der Waals surface area contributed by atoms with E-state index in [1.165, 1.54) is 0 Å². The second-order valence-electron chi connectivity index (χ2n) is 7.26. The van der Waals surface area contributed by atoms with Crippen LogP contribution in [-0.2, 0) is 19.5 Å². The molecule has 0 spiro atoms. The Kier molecular flexibility index (Phi) is 5.13. The van der Waals surface area contributed by atoms with Gasteiger partial charge in [-0.1, -0.05) is 12.1 Å². The van der Waals surface area contributed by atoms with Gasteiger partial charge in [0.05, 0.1) is 19.8 Å². The highest BCUT2D eigenvalue weighted by molar-refractivity contribution is 5.94. The molecule has 1 fully saturated rings. The molecule has 2 aliphatic heterocycles. The third-order valence-electron chi connectivity index (χ3n) is 5.36. The quantitative estimate of drug-likeness (QED) is 0.845. The predicted molar refractivity (Wildman–Crippen MR) is 101 cm³/mol. The average Bonchev–Trinajstić information content (AvgIpc) is 3.06. The molecule has 0 bridgehead atoms. The van der Waals surface area contributed by atoms with E-state index in [0.29, 0.717) is 31.9 Å². The van der Waals surface area contributed by atoms with E-state index in [1.54, 1.807) is 12.0 Å². The minimum absolute atomic E-state index is 0.0712. The Bertz CT molecular complexity index is 833. The van der Waals surface area contributed by atoms with Crippen LogP contribution in [0.25, 0.3) is 0 Å². The van der Waals surface area contributed by atoms with Gasteiger partial charge in [-0.25, -0.2) is 0 Å². The van der Waals surface area contributed by atoms with E-state index in [-0.39, 0.29) is 5.91 Å². The molecule has 7 nitrogen and oxygen atoms in total. The summed E-state index contributed by atoms with van der Waals surface area (Å²) in [7, 11) is 1.66. The fourth-order valence-electron chi connectivity index (χ4n) is 3.96. The van der Waals surface area contributed by atoms with Crippen molar-refractivity contribution in [1.82, 2.24) is 20.0 Å². The number of aliphatic hydroxyl groups is 1. The minimum Gasteiger partial charge on any atom is -0.497 e. The number of aliphatic hydroxyl groups excluding tert-OH is 1. The number of ether oxygens (including phenoxy) is 1. The van der Waals surface area contributed by atoms with Crippen molar-refractivity contribution in [2.45, 2.75) is 38.5 Å². The number of rotatable bonds is 4. The zero-order chi connectivity index (χ0) is 18.8. The van der Waals surface area contributed by atoms with Crippen molar-refractivity contribution < 1.29 is 14.6 Å². The van der Waals surface area contributed by atoms with Gasteiger partial charge in [-0.15, -0.1) is 0 Å². The number of hydrogen-bond acceptors (Lipinski definition) is 5. The summed E-state index contributed by atoms with van der Waals surface area (Å²) < 4.78 is 7.27. The van der Waals surface area contributed by atoms with E-state index >= 15 is 0 Å². The molecule has 1 saturated heterocycles. The maximum atomic E-state index is 13.1. The van der Waals surface area contributed by atoms with Crippen LogP contribution in [0.1, 0.15) is 40.2 Å². The van der Waals surface area contributed by atoms with Gasteiger partial charge in [-0.3, -0.25) is 9.48 Å². The Hall–Kier alpha value is -2.38. The summed E-state index contributed by atoms with van der Waals surface area (Å²) in [4.78, 5) is 14.8. The lowest BCUT2D eigenvalue weighted by molar-refractivity contribution is 0.0467. The Morgan fingerprint density at radius 3 is 3.15 bits per heavy atom. The highest BCUT2D eigenvalue weighted by Crippen LogP contribution is 2.23. The van der Waals surface area contributed by atoms with Crippen LogP contribution < -0.4 is 10.1 Å². The highest BCUT2D eigenvalue weighted by atomic mass is 16.5. The van der Waals surface area contributed by atoms with Gasteiger partial charge >= 0.3 is 0 Å². The van der Waals surface area contributed by atoms with Gasteiger partial charge in [-0.05, 0) is 30.5 Å². The average molecular weight is 370 g/mol. The molecule has 0 radical (unpaired) electrons. The summed E-state index contributed by atoms with van der Waals surface area (Å²) in [6.07, 6.45) is 2.00. The number of nitrogens with zero attached hydrogens (tertiary/aromatic N) is 3. The number of methoxy groups -OCH3 is 1. The van der Waals surface area contributed by atoms with E-state index in [9.17, 15) is 9.90 Å². The lowest BCUT2D eigenvalue weighted by Gasteiger charge is -2.29. The molecule has 3 heterocycles. The number of benzene rings is 1. The monoisotopic (exact) mass is 370 g/mol. The normalized spacial score (nSPS) is 19.6. The van der Waals surface area contributed by atoms with E-state index in [4.69, 9.17) is 9.84 Å². The first-order valence-electron chi connectivity index (χ1n) is 9.55. The predicted octanol–water partition coefficient (Wildman–Crippen LogP) is 1.18. The zero-order valence-corrected chi connectivity index (χ0v) is 15.6. The molecular formula is C20H26N4O3. The number of hydrogen-bond donors (Lipinski definition) is 2. The Balaban J connectivity index is 1.64. The number of carbonyl (C=O) groups excluding carboxylic acids is 1. The van der Waals surface area contributed by atoms with Crippen molar-refractivity contribution in [1.29, 1.82) is 0 Å². The van der Waals surface area contributed by atoms with Crippen molar-refractivity contribution in [3.05, 3.63) is 46.8 Å². The molecule has 2 aromatic rings. The van der Waals surface area contributed by atoms with Crippen LogP contribution in [0.15, 0.2) is 24.3 Å². The smallest absolute Gasteiger partial charge is 0.274 e. The molecule has 27 heavy (non-hydrogen) atoms. The maximum absolute atomic E-state index is 13.1. The lowest BCUT2D eigenvalue weighted by Crippen LogP contribution is -2.42. The zero-order valence-electron chi connectivity index (χ0n) is 15.6. The Morgan fingerprint density at radius 1 is 1.44 bits per heavy atom. The van der Waals surface area contributed by atoms with Gasteiger partial charge < -0.3 is 20.1 Å². The van der Waals surface area contributed by atoms with Crippen molar-refractivity contribution in [2.75, 3.05) is 26.7 Å². The molecule has 1 unspecified atom stereocenters. The van der Waals surface area contributed by atoms with Gasteiger partial charge in [0.2, 0.25) is 0 Å². The number of fused-ring (bicyclic) bond motifs is 1. The SMILES string of the molecule is COc1cccc(Cn2nc(C(=O)N3CCCC(O)C3)c3c2CCNC3)c1. The van der Waals surface area contributed by atoms with E-state index in [0.717, 1.165) is 48.4 Å². The summed E-state index contributed by atoms with van der Waals surface area (Å²) in [6.45, 7) is 3.22. The standard InChI is InChI=1S/C20H26N4O3/c1-27-16-6-2-4-14(10-16)12-24-18-7-8-21-11-17(18)19(22-24)20(26)23-9-3-5-15(25)13-23/h2,4,6,10,15,21,25H,3,5,7-9,11-13H2,1H3. The highest BCUT2D eigenvalue weighted by Gasteiger charge is 2.30. The fraction of sp³-hybridized carbons (Fsp3) is 0.500. The molecule has 1 aromatic heterocycles. The summed E-state index contributed by atoms with van der Waals surface area (Å²) in [5, 5.41) is 18.0. The summed E-state index contributed by atoms with van der Waals surface area (Å²) in [6, 6.07) is 7.92. The van der Waals surface area contributed by atoms with Gasteiger partial charge in [0.25, 0.3) is 5.91 Å². The van der Waals surface area contributed by atoms with Crippen LogP contribution >= 0.6 is 0 Å². The van der Waals surface area contributed by atoms with Gasteiger partial charge in [-0.2, -0.15) is 5.10 Å². The second kappa shape index (κ2) is 7.70. The van der Waals surface area contributed by atoms with Crippen LogP contribution in [0.3, 0.4) is 0 Å². The molecular weight excluding hydrogens is 344 g/mol. The number of carbonyl (C=O) groups is 1. The van der Waals surface area contributed by atoms with E-state index in [1.807, 2.05) is 28.9 Å². The number of piperidine rings is 1. The van der Waals surface area contributed by atoms with Crippen LogP contribution in [0, 0.1) is 0 Å². The number of β-amino-alcohol motifs (C(OH)–C–C–N with tert-alkyl or cyclic N) is 1. The first-order valence-corrected chi connectivity index (χ1v) is 9.55. The summed E-state index contributed by atoms with van der Waals surface area (Å²) in [5.74, 6) is 0.742. The summed E-state index contributed by atoms with van der Waals surface area (Å²) in [5.41, 5.74) is 3.73. The molecule has 2 N–H and O–H groups in total. The molecule has 4 rings (SSSR count). The molecule has 0 saturated carbocycles. The largest absolute Gasteiger partial charge is 0.497 e. The first kappa shape index (κ1) is 18.0. The Morgan fingerprint density at radius 2 is 2.33 bits per heavy atom. The van der Waals surface area contributed by atoms with Crippen LogP contribution in [-0.4, -0.2) is 58.5 Å². The third-order valence-corrected chi connectivity index (χ3v) is 5.36. The van der Waals surface area contributed by atoms with Crippen LogP contribution in [0.4, 0.5) is 0 Å². The summed E-state index contributed by atoms with van der Waals surface area (Å²) >= 11 is 0. The number of amides is 1. The minimum atomic E-state index is -0.435. The topological polar surface area (TPSA) is 79.6 Å². The van der Waals surface area contributed by atoms with E-state index < -0.39 is 6.10 Å². The fourth-order valence-corrected chi connectivity index (χ4v) is 3.96. The molecule has 1 atom stereocenters. The van der Waals surface area contributed by atoms with E-state index in [2.05, 4.69) is 5.32 Å².